The summed E-state index contributed by atoms with van der Waals surface area (Å²) in [6.07, 6.45) is 1.67. The number of anilines is 4. The fraction of sp³-hybridized carbons (Fsp3) is 0.0435. The van der Waals surface area contributed by atoms with Gasteiger partial charge in [-0.15, -0.1) is 0 Å². The summed E-state index contributed by atoms with van der Waals surface area (Å²) in [7, 11) is 0. The van der Waals surface area contributed by atoms with E-state index in [2.05, 4.69) is 36.1 Å². The number of hydrogen-bond acceptors (Lipinski definition) is 7. The zero-order valence-corrected chi connectivity index (χ0v) is 17.3. The molecule has 3 N–H and O–H groups in total. The van der Waals surface area contributed by atoms with Crippen LogP contribution < -0.4 is 16.1 Å². The van der Waals surface area contributed by atoms with Crippen LogP contribution in [-0.4, -0.2) is 21.2 Å². The Morgan fingerprint density at radius 1 is 0.742 bits per heavy atom. The van der Waals surface area contributed by atoms with Crippen LogP contribution in [0.1, 0.15) is 11.1 Å². The van der Waals surface area contributed by atoms with E-state index in [1.807, 2.05) is 72.8 Å². The molecule has 3 aromatic carbocycles. The number of halogens is 1. The van der Waals surface area contributed by atoms with Crippen LogP contribution in [0.25, 0.3) is 0 Å². The summed E-state index contributed by atoms with van der Waals surface area (Å²) < 4.78 is 0. The Bertz CT molecular complexity index is 1130. The Hall–Kier alpha value is -3.97. The highest BCUT2D eigenvalue weighted by atomic mass is 35.5. The number of aromatic nitrogens is 3. The molecule has 0 saturated carbocycles. The predicted molar refractivity (Wildman–Crippen MR) is 126 cm³/mol. The van der Waals surface area contributed by atoms with Crippen LogP contribution in [-0.2, 0) is 6.54 Å². The quantitative estimate of drug-likeness (QED) is 0.259. The van der Waals surface area contributed by atoms with Gasteiger partial charge < -0.3 is 10.6 Å². The van der Waals surface area contributed by atoms with Gasteiger partial charge in [0.1, 0.15) is 0 Å². The van der Waals surface area contributed by atoms with Crippen LogP contribution in [0.3, 0.4) is 0 Å². The van der Waals surface area contributed by atoms with E-state index in [1.165, 1.54) is 0 Å². The maximum atomic E-state index is 5.92. The van der Waals surface area contributed by atoms with Crippen molar-refractivity contribution in [1.82, 2.24) is 15.0 Å². The average Bonchev–Trinajstić information content (AvgIpc) is 2.80. The number of rotatable bonds is 8. The van der Waals surface area contributed by atoms with Crippen molar-refractivity contribution >= 4 is 41.3 Å². The molecule has 0 bridgehead atoms. The maximum absolute atomic E-state index is 5.92. The first-order chi connectivity index (χ1) is 15.2. The van der Waals surface area contributed by atoms with Gasteiger partial charge in [0.2, 0.25) is 17.8 Å². The third kappa shape index (κ3) is 6.25. The van der Waals surface area contributed by atoms with Crippen molar-refractivity contribution < 1.29 is 0 Å². The third-order valence-corrected chi connectivity index (χ3v) is 4.46. The van der Waals surface area contributed by atoms with Crippen LogP contribution in [0.5, 0.6) is 0 Å². The minimum absolute atomic E-state index is 0.314. The van der Waals surface area contributed by atoms with Crippen LogP contribution in [0, 0.1) is 0 Å². The highest BCUT2D eigenvalue weighted by Gasteiger charge is 2.07. The van der Waals surface area contributed by atoms with E-state index < -0.39 is 0 Å². The molecule has 1 aromatic heterocycles. The molecule has 4 rings (SSSR count). The SMILES string of the molecule is Clc1ccc(C=NNc2nc(NCc3ccccc3)nc(Nc3ccccc3)n2)cc1. The first-order valence-corrected chi connectivity index (χ1v) is 10.0. The van der Waals surface area contributed by atoms with Gasteiger partial charge in [-0.3, -0.25) is 0 Å². The molecule has 8 heteroatoms. The minimum Gasteiger partial charge on any atom is -0.350 e. The second-order valence-electron chi connectivity index (χ2n) is 6.56. The first kappa shape index (κ1) is 20.3. The van der Waals surface area contributed by atoms with Gasteiger partial charge in [-0.2, -0.15) is 20.1 Å². The van der Waals surface area contributed by atoms with E-state index in [-0.39, 0.29) is 0 Å². The number of hydrogen-bond donors (Lipinski definition) is 3. The maximum Gasteiger partial charge on any atom is 0.250 e. The zero-order chi connectivity index (χ0) is 21.3. The predicted octanol–water partition coefficient (Wildman–Crippen LogP) is 5.33. The lowest BCUT2D eigenvalue weighted by molar-refractivity contribution is 0.999. The molecular formula is C23H20ClN7. The Morgan fingerprint density at radius 2 is 1.39 bits per heavy atom. The molecule has 1 heterocycles. The first-order valence-electron chi connectivity index (χ1n) is 9.65. The van der Waals surface area contributed by atoms with Crippen molar-refractivity contribution in [3.63, 3.8) is 0 Å². The molecule has 31 heavy (non-hydrogen) atoms. The van der Waals surface area contributed by atoms with Gasteiger partial charge in [0.05, 0.1) is 6.21 Å². The van der Waals surface area contributed by atoms with Gasteiger partial charge in [-0.05, 0) is 35.4 Å². The van der Waals surface area contributed by atoms with E-state index in [0.717, 1.165) is 16.8 Å². The number of hydrazone groups is 1. The minimum atomic E-state index is 0.314. The van der Waals surface area contributed by atoms with Crippen LogP contribution in [0.2, 0.25) is 5.02 Å². The standard InChI is InChI=1S/C23H20ClN7/c24-19-13-11-18(12-14-19)16-26-31-23-29-21(25-15-17-7-3-1-4-8-17)28-22(30-23)27-20-9-5-2-6-10-20/h1-14,16H,15H2,(H3,25,27,28,29,30,31). The van der Waals surface area contributed by atoms with Gasteiger partial charge in [0, 0.05) is 17.3 Å². The highest BCUT2D eigenvalue weighted by Crippen LogP contribution is 2.16. The largest absolute Gasteiger partial charge is 0.350 e. The van der Waals surface area contributed by atoms with Crippen molar-refractivity contribution in [2.45, 2.75) is 6.54 Å². The lowest BCUT2D eigenvalue weighted by atomic mass is 10.2. The number of para-hydroxylation sites is 1. The topological polar surface area (TPSA) is 87.1 Å². The van der Waals surface area contributed by atoms with Crippen molar-refractivity contribution in [1.29, 1.82) is 0 Å². The van der Waals surface area contributed by atoms with E-state index in [1.54, 1.807) is 18.3 Å². The van der Waals surface area contributed by atoms with E-state index in [9.17, 15) is 0 Å². The number of nitrogens with one attached hydrogen (secondary N) is 3. The van der Waals surface area contributed by atoms with Crippen molar-refractivity contribution in [3.05, 3.63) is 101 Å². The van der Waals surface area contributed by atoms with Gasteiger partial charge in [-0.1, -0.05) is 72.3 Å². The molecule has 0 aliphatic rings. The molecule has 0 unspecified atom stereocenters. The van der Waals surface area contributed by atoms with E-state index in [0.29, 0.717) is 29.4 Å². The molecule has 0 aliphatic heterocycles. The summed E-state index contributed by atoms with van der Waals surface area (Å²) in [5, 5.41) is 11.3. The summed E-state index contributed by atoms with van der Waals surface area (Å²) in [6.45, 7) is 0.586. The smallest absolute Gasteiger partial charge is 0.250 e. The normalized spacial score (nSPS) is 10.7. The molecule has 0 fully saturated rings. The number of nitrogens with zero attached hydrogens (tertiary/aromatic N) is 4. The molecule has 0 amide bonds. The number of benzene rings is 3. The summed E-state index contributed by atoms with van der Waals surface area (Å²) in [5.74, 6) is 1.15. The molecule has 0 atom stereocenters. The fourth-order valence-corrected chi connectivity index (χ4v) is 2.83. The van der Waals surface area contributed by atoms with Crippen LogP contribution >= 0.6 is 11.6 Å². The van der Waals surface area contributed by atoms with Gasteiger partial charge in [0.15, 0.2) is 0 Å². The molecule has 0 spiro atoms. The molecule has 0 radical (unpaired) electrons. The summed E-state index contributed by atoms with van der Waals surface area (Å²) in [6, 6.07) is 27.1. The Morgan fingerprint density at radius 3 is 2.13 bits per heavy atom. The van der Waals surface area contributed by atoms with Gasteiger partial charge in [-0.25, -0.2) is 5.43 Å². The molecular weight excluding hydrogens is 410 g/mol. The molecule has 7 nitrogen and oxygen atoms in total. The second-order valence-corrected chi connectivity index (χ2v) is 6.99. The molecule has 4 aromatic rings. The van der Waals surface area contributed by atoms with Crippen LogP contribution in [0.15, 0.2) is 90.0 Å². The van der Waals surface area contributed by atoms with E-state index >= 15 is 0 Å². The Labute approximate surface area is 185 Å². The molecule has 0 saturated heterocycles. The highest BCUT2D eigenvalue weighted by molar-refractivity contribution is 6.30. The molecule has 0 aliphatic carbocycles. The van der Waals surface area contributed by atoms with Crippen molar-refractivity contribution in [2.24, 2.45) is 5.10 Å². The zero-order valence-electron chi connectivity index (χ0n) is 16.5. The second kappa shape index (κ2) is 10.2. The average molecular weight is 430 g/mol. The monoisotopic (exact) mass is 429 g/mol. The summed E-state index contributed by atoms with van der Waals surface area (Å²) in [4.78, 5) is 13.3. The van der Waals surface area contributed by atoms with Gasteiger partial charge in [0.25, 0.3) is 0 Å². The lowest BCUT2D eigenvalue weighted by Crippen LogP contribution is -2.09. The molecule has 154 valence electrons. The Balaban J connectivity index is 1.52. The van der Waals surface area contributed by atoms with Crippen molar-refractivity contribution in [3.8, 4) is 0 Å². The third-order valence-electron chi connectivity index (χ3n) is 4.21. The summed E-state index contributed by atoms with van der Waals surface area (Å²) in [5.41, 5.74) is 5.76. The van der Waals surface area contributed by atoms with Crippen molar-refractivity contribution in [2.75, 3.05) is 16.1 Å². The van der Waals surface area contributed by atoms with Crippen LogP contribution in [0.4, 0.5) is 23.5 Å². The lowest BCUT2D eigenvalue weighted by Gasteiger charge is -2.10. The summed E-state index contributed by atoms with van der Waals surface area (Å²) >= 11 is 5.92. The van der Waals surface area contributed by atoms with E-state index in [4.69, 9.17) is 11.6 Å². The fourth-order valence-electron chi connectivity index (χ4n) is 2.70. The van der Waals surface area contributed by atoms with Gasteiger partial charge >= 0.3 is 0 Å². The Kier molecular flexibility index (Phi) is 6.67.